The van der Waals surface area contributed by atoms with E-state index < -0.39 is 73.4 Å². The van der Waals surface area contributed by atoms with Crippen LogP contribution in [-0.2, 0) is 35.7 Å². The van der Waals surface area contributed by atoms with Crippen molar-refractivity contribution in [3.8, 4) is 0 Å². The summed E-state index contributed by atoms with van der Waals surface area (Å²) in [5.41, 5.74) is -1.25. The van der Waals surface area contributed by atoms with Gasteiger partial charge in [0.05, 0.1) is 36.3 Å². The predicted octanol–water partition coefficient (Wildman–Crippen LogP) is 4.40. The first-order chi connectivity index (χ1) is 18.3. The van der Waals surface area contributed by atoms with Crippen LogP contribution in [0.25, 0.3) is 0 Å². The normalized spacial score (nSPS) is 16.8. The van der Waals surface area contributed by atoms with Gasteiger partial charge in [0.1, 0.15) is 0 Å². The molecule has 2 aromatic rings. The molecule has 2 aromatic carbocycles. The second-order valence-electron chi connectivity index (χ2n) is 10.2. The maximum absolute atomic E-state index is 13.3. The highest BCUT2D eigenvalue weighted by Crippen LogP contribution is 2.35. The second-order valence-corrected chi connectivity index (χ2v) is 16.8. The zero-order valence-corrected chi connectivity index (χ0v) is 24.9. The van der Waals surface area contributed by atoms with E-state index in [-0.39, 0.29) is 42.8 Å². The molecule has 1 aliphatic rings. The van der Waals surface area contributed by atoms with Crippen molar-refractivity contribution in [1.82, 2.24) is 4.90 Å². The van der Waals surface area contributed by atoms with Crippen LogP contribution in [0.3, 0.4) is 0 Å². The third kappa shape index (κ3) is 6.54. The quantitative estimate of drug-likeness (QED) is 0.427. The van der Waals surface area contributed by atoms with Crippen molar-refractivity contribution in [3.63, 3.8) is 0 Å². The monoisotopic (exact) mass is 623 g/mol. The zero-order valence-electron chi connectivity index (χ0n) is 22.5. The first kappa shape index (κ1) is 32.1. The summed E-state index contributed by atoms with van der Waals surface area (Å²) in [5, 5.41) is -1.78. The average molecular weight is 624 g/mol. The standard InChI is InChI=1S/C26H32F3NO7S3/c1-5-23(40(36,37)20-8-6-7-19(15-20)26(27,28)29)18-11-13-30(14-12-18)25(31)22-10-9-21(39(34,35)17(2)3)16-24(22)38(4,32)33/h6-10,15-18,23H,5,11-14H2,1-4H3. The molecule has 1 aliphatic heterocycles. The van der Waals surface area contributed by atoms with Gasteiger partial charge < -0.3 is 4.90 Å². The van der Waals surface area contributed by atoms with Gasteiger partial charge in [0, 0.05) is 19.3 Å². The number of carbonyl (C=O) groups excluding carboxylic acids is 1. The number of nitrogens with zero attached hydrogens (tertiary/aromatic N) is 1. The van der Waals surface area contributed by atoms with Gasteiger partial charge in [-0.1, -0.05) is 13.0 Å². The average Bonchev–Trinajstić information content (AvgIpc) is 2.87. The second kappa shape index (κ2) is 11.4. The molecule has 0 bridgehead atoms. The Hall–Kier alpha value is -2.45. The van der Waals surface area contributed by atoms with Crippen LogP contribution in [0.5, 0.6) is 0 Å². The molecule has 8 nitrogen and oxygen atoms in total. The molecule has 3 rings (SSSR count). The van der Waals surface area contributed by atoms with Gasteiger partial charge in [0.2, 0.25) is 0 Å². The molecule has 14 heteroatoms. The summed E-state index contributed by atoms with van der Waals surface area (Å²) in [6, 6.07) is 6.99. The number of rotatable bonds is 8. The van der Waals surface area contributed by atoms with Gasteiger partial charge in [-0.3, -0.25) is 4.79 Å². The Morgan fingerprint density at radius 3 is 2.00 bits per heavy atom. The lowest BCUT2D eigenvalue weighted by Gasteiger charge is -2.36. The summed E-state index contributed by atoms with van der Waals surface area (Å²) in [4.78, 5) is 13.7. The maximum Gasteiger partial charge on any atom is 0.416 e. The van der Waals surface area contributed by atoms with Crippen molar-refractivity contribution in [2.75, 3.05) is 19.3 Å². The van der Waals surface area contributed by atoms with E-state index in [9.17, 15) is 43.2 Å². The lowest BCUT2D eigenvalue weighted by atomic mass is 9.91. The minimum Gasteiger partial charge on any atom is -0.339 e. The van der Waals surface area contributed by atoms with Crippen molar-refractivity contribution in [1.29, 1.82) is 0 Å². The van der Waals surface area contributed by atoms with Crippen LogP contribution in [0.4, 0.5) is 13.2 Å². The van der Waals surface area contributed by atoms with Gasteiger partial charge in [-0.2, -0.15) is 13.2 Å². The van der Waals surface area contributed by atoms with Gasteiger partial charge in [0.25, 0.3) is 5.91 Å². The fourth-order valence-corrected chi connectivity index (χ4v) is 9.09. The highest BCUT2D eigenvalue weighted by Gasteiger charge is 2.38. The van der Waals surface area contributed by atoms with Crippen LogP contribution in [-0.4, -0.2) is 65.9 Å². The minimum atomic E-state index is -4.69. The molecule has 1 saturated heterocycles. The molecule has 1 atom stereocenters. The van der Waals surface area contributed by atoms with E-state index >= 15 is 0 Å². The largest absolute Gasteiger partial charge is 0.416 e. The summed E-state index contributed by atoms with van der Waals surface area (Å²) in [7, 11) is -11.9. The summed E-state index contributed by atoms with van der Waals surface area (Å²) in [5.74, 6) is -1.08. The van der Waals surface area contributed by atoms with Crippen molar-refractivity contribution in [3.05, 3.63) is 53.6 Å². The molecule has 0 aliphatic carbocycles. The van der Waals surface area contributed by atoms with E-state index in [1.165, 1.54) is 30.9 Å². The number of alkyl halides is 3. The molecule has 0 radical (unpaired) electrons. The molecule has 1 unspecified atom stereocenters. The van der Waals surface area contributed by atoms with Crippen LogP contribution in [0.15, 0.2) is 57.2 Å². The Kier molecular flexibility index (Phi) is 9.17. The van der Waals surface area contributed by atoms with Crippen molar-refractivity contribution in [2.45, 2.75) is 71.4 Å². The number of piperidine rings is 1. The fraction of sp³-hybridized carbons (Fsp3) is 0.500. The highest BCUT2D eigenvalue weighted by molar-refractivity contribution is 7.92. The number of likely N-dealkylation sites (tertiary alicyclic amines) is 1. The van der Waals surface area contributed by atoms with Gasteiger partial charge >= 0.3 is 6.18 Å². The first-order valence-electron chi connectivity index (χ1n) is 12.6. The molecule has 1 amide bonds. The van der Waals surface area contributed by atoms with E-state index in [0.717, 1.165) is 30.5 Å². The van der Waals surface area contributed by atoms with Crippen molar-refractivity contribution < 1.29 is 43.2 Å². The van der Waals surface area contributed by atoms with E-state index in [4.69, 9.17) is 0 Å². The lowest BCUT2D eigenvalue weighted by Crippen LogP contribution is -2.43. The Bertz CT molecular complexity index is 1590. The van der Waals surface area contributed by atoms with Gasteiger partial charge in [0.15, 0.2) is 29.5 Å². The topological polar surface area (TPSA) is 123 Å². The number of hydrogen-bond donors (Lipinski definition) is 0. The number of benzene rings is 2. The number of carbonyl (C=O) groups is 1. The molecule has 0 aromatic heterocycles. The van der Waals surface area contributed by atoms with Crippen LogP contribution in [0.1, 0.15) is 56.0 Å². The molecule has 0 spiro atoms. The van der Waals surface area contributed by atoms with Crippen LogP contribution in [0, 0.1) is 5.92 Å². The van der Waals surface area contributed by atoms with E-state index in [2.05, 4.69) is 0 Å². The number of amides is 1. The molecule has 1 heterocycles. The van der Waals surface area contributed by atoms with Gasteiger partial charge in [-0.15, -0.1) is 0 Å². The summed E-state index contributed by atoms with van der Waals surface area (Å²) < 4.78 is 116. The minimum absolute atomic E-state index is 0.0906. The Balaban J connectivity index is 1.85. The lowest BCUT2D eigenvalue weighted by molar-refractivity contribution is -0.137. The molecule has 0 saturated carbocycles. The summed E-state index contributed by atoms with van der Waals surface area (Å²) >= 11 is 0. The molecular formula is C26H32F3NO7S3. The number of sulfone groups is 3. The third-order valence-electron chi connectivity index (χ3n) is 7.18. The summed E-state index contributed by atoms with van der Waals surface area (Å²) in [6.45, 7) is 4.73. The SMILES string of the molecule is CCC(C1CCN(C(=O)c2ccc(S(=O)(=O)C(C)C)cc2S(C)(=O)=O)CC1)S(=O)(=O)c1cccc(C(F)(F)F)c1. The van der Waals surface area contributed by atoms with E-state index in [1.54, 1.807) is 6.92 Å². The molecule has 1 fully saturated rings. The fourth-order valence-electron chi connectivity index (χ4n) is 4.91. The van der Waals surface area contributed by atoms with E-state index in [0.29, 0.717) is 6.07 Å². The Labute approximate surface area is 233 Å². The molecule has 40 heavy (non-hydrogen) atoms. The predicted molar refractivity (Wildman–Crippen MR) is 143 cm³/mol. The first-order valence-corrected chi connectivity index (χ1v) is 17.6. The van der Waals surface area contributed by atoms with Gasteiger partial charge in [-0.05, 0) is 75.4 Å². The van der Waals surface area contributed by atoms with Crippen molar-refractivity contribution >= 4 is 35.4 Å². The van der Waals surface area contributed by atoms with Crippen LogP contribution >= 0.6 is 0 Å². The highest BCUT2D eigenvalue weighted by atomic mass is 32.2. The molecule has 222 valence electrons. The maximum atomic E-state index is 13.3. The molecular weight excluding hydrogens is 591 g/mol. The Morgan fingerprint density at radius 2 is 1.50 bits per heavy atom. The van der Waals surface area contributed by atoms with Gasteiger partial charge in [-0.25, -0.2) is 25.3 Å². The summed E-state index contributed by atoms with van der Waals surface area (Å²) in [6.07, 6.45) is -3.20. The van der Waals surface area contributed by atoms with E-state index in [1.807, 2.05) is 0 Å². The van der Waals surface area contributed by atoms with Crippen LogP contribution in [0.2, 0.25) is 0 Å². The smallest absolute Gasteiger partial charge is 0.339 e. The number of halogens is 3. The zero-order chi connectivity index (χ0) is 30.3. The third-order valence-corrected chi connectivity index (χ3v) is 12.9. The molecule has 0 N–H and O–H groups in total. The van der Waals surface area contributed by atoms with Crippen molar-refractivity contribution in [2.24, 2.45) is 5.92 Å². The number of hydrogen-bond acceptors (Lipinski definition) is 7. The van der Waals surface area contributed by atoms with Crippen LogP contribution < -0.4 is 0 Å². The Morgan fingerprint density at radius 1 is 0.925 bits per heavy atom.